The van der Waals surface area contributed by atoms with Crippen LogP contribution in [0.2, 0.25) is 0 Å². The molecule has 1 saturated heterocycles. The van der Waals surface area contributed by atoms with Crippen molar-refractivity contribution < 1.29 is 18.7 Å². The van der Waals surface area contributed by atoms with Crippen molar-refractivity contribution in [1.82, 2.24) is 4.90 Å². The minimum atomic E-state index is -0.292. The Hall–Kier alpha value is -1.62. The van der Waals surface area contributed by atoms with E-state index in [0.717, 1.165) is 0 Å². The summed E-state index contributed by atoms with van der Waals surface area (Å²) in [7, 11) is 0. The zero-order valence-electron chi connectivity index (χ0n) is 11.8. The highest BCUT2D eigenvalue weighted by Gasteiger charge is 2.25. The van der Waals surface area contributed by atoms with Crippen LogP contribution in [0.4, 0.5) is 4.39 Å². The van der Waals surface area contributed by atoms with E-state index in [1.165, 1.54) is 12.1 Å². The van der Waals surface area contributed by atoms with Gasteiger partial charge in [-0.05, 0) is 24.3 Å². The number of hydrogen-bond acceptors (Lipinski definition) is 3. The van der Waals surface area contributed by atoms with Crippen molar-refractivity contribution in [2.24, 2.45) is 5.92 Å². The first-order chi connectivity index (χ1) is 9.56. The lowest BCUT2D eigenvalue weighted by molar-refractivity contribution is -0.143. The number of morpholine rings is 1. The molecular weight excluding hydrogens is 261 g/mol. The highest BCUT2D eigenvalue weighted by atomic mass is 19.1. The van der Waals surface area contributed by atoms with Gasteiger partial charge in [-0.2, -0.15) is 0 Å². The summed E-state index contributed by atoms with van der Waals surface area (Å²) in [5.41, 5.74) is 0. The summed E-state index contributed by atoms with van der Waals surface area (Å²) in [5, 5.41) is 0. The molecule has 0 aromatic heterocycles. The van der Waals surface area contributed by atoms with Crippen LogP contribution in [0.15, 0.2) is 24.3 Å². The molecule has 110 valence electrons. The Labute approximate surface area is 118 Å². The first kappa shape index (κ1) is 14.8. The molecule has 0 N–H and O–H groups in total. The van der Waals surface area contributed by atoms with E-state index in [9.17, 15) is 9.18 Å². The third-order valence-electron chi connectivity index (χ3n) is 3.19. The van der Waals surface area contributed by atoms with Crippen LogP contribution < -0.4 is 4.74 Å². The van der Waals surface area contributed by atoms with Crippen LogP contribution in [-0.2, 0) is 9.53 Å². The van der Waals surface area contributed by atoms with Crippen LogP contribution in [0, 0.1) is 11.7 Å². The van der Waals surface area contributed by atoms with Crippen LogP contribution in [-0.4, -0.2) is 43.2 Å². The minimum absolute atomic E-state index is 0.00762. The Balaban J connectivity index is 1.84. The standard InChI is InChI=1S/C15H20FNO3/c1-11(2)15(18)17-7-8-19-14(9-17)10-20-13-5-3-12(16)4-6-13/h3-6,11,14H,7-10H2,1-2H3/t14-/m1/s1. The number of hydrogen-bond donors (Lipinski definition) is 0. The fraction of sp³-hybridized carbons (Fsp3) is 0.533. The van der Waals surface area contributed by atoms with Gasteiger partial charge in [0.25, 0.3) is 0 Å². The molecular formula is C15H20FNO3. The molecule has 1 aliphatic rings. The molecule has 1 amide bonds. The average Bonchev–Trinajstić information content (AvgIpc) is 2.46. The number of ether oxygens (including phenoxy) is 2. The molecule has 0 aliphatic carbocycles. The lowest BCUT2D eigenvalue weighted by atomic mass is 10.1. The van der Waals surface area contributed by atoms with Gasteiger partial charge in [0.15, 0.2) is 0 Å². The summed E-state index contributed by atoms with van der Waals surface area (Å²) in [4.78, 5) is 13.8. The number of carbonyl (C=O) groups is 1. The van der Waals surface area contributed by atoms with E-state index < -0.39 is 0 Å². The lowest BCUT2D eigenvalue weighted by Crippen LogP contribution is -2.48. The Bertz CT molecular complexity index is 447. The molecule has 0 saturated carbocycles. The van der Waals surface area contributed by atoms with E-state index in [1.807, 2.05) is 18.7 Å². The number of benzene rings is 1. The van der Waals surface area contributed by atoms with Gasteiger partial charge in [-0.15, -0.1) is 0 Å². The third-order valence-corrected chi connectivity index (χ3v) is 3.19. The predicted molar refractivity (Wildman–Crippen MR) is 73.1 cm³/mol. The second-order valence-electron chi connectivity index (χ2n) is 5.20. The van der Waals surface area contributed by atoms with Gasteiger partial charge in [0.2, 0.25) is 5.91 Å². The molecule has 1 heterocycles. The van der Waals surface area contributed by atoms with Crippen molar-refractivity contribution in [1.29, 1.82) is 0 Å². The van der Waals surface area contributed by atoms with Gasteiger partial charge in [-0.1, -0.05) is 13.8 Å². The van der Waals surface area contributed by atoms with Gasteiger partial charge < -0.3 is 14.4 Å². The summed E-state index contributed by atoms with van der Waals surface area (Å²) in [5.74, 6) is 0.439. The highest BCUT2D eigenvalue weighted by molar-refractivity contribution is 5.78. The number of nitrogens with zero attached hydrogens (tertiary/aromatic N) is 1. The zero-order valence-corrected chi connectivity index (χ0v) is 11.8. The Morgan fingerprint density at radius 3 is 2.80 bits per heavy atom. The molecule has 1 aromatic carbocycles. The molecule has 20 heavy (non-hydrogen) atoms. The summed E-state index contributed by atoms with van der Waals surface area (Å²) in [6.45, 7) is 5.83. The van der Waals surface area contributed by atoms with E-state index in [-0.39, 0.29) is 23.7 Å². The second-order valence-corrected chi connectivity index (χ2v) is 5.20. The quantitative estimate of drug-likeness (QED) is 0.848. The predicted octanol–water partition coefficient (Wildman–Crippen LogP) is 2.09. The number of carbonyl (C=O) groups excluding carboxylic acids is 1. The number of rotatable bonds is 4. The third kappa shape index (κ3) is 3.93. The van der Waals surface area contributed by atoms with Gasteiger partial charge in [0, 0.05) is 12.5 Å². The fourth-order valence-corrected chi connectivity index (χ4v) is 2.11. The topological polar surface area (TPSA) is 38.8 Å². The van der Waals surface area contributed by atoms with Gasteiger partial charge in [-0.25, -0.2) is 4.39 Å². The summed E-state index contributed by atoms with van der Waals surface area (Å²) < 4.78 is 23.9. The smallest absolute Gasteiger partial charge is 0.225 e. The molecule has 1 aliphatic heterocycles. The van der Waals surface area contributed by atoms with E-state index in [1.54, 1.807) is 12.1 Å². The van der Waals surface area contributed by atoms with E-state index >= 15 is 0 Å². The molecule has 0 unspecified atom stereocenters. The fourth-order valence-electron chi connectivity index (χ4n) is 2.11. The van der Waals surface area contributed by atoms with Crippen molar-refractivity contribution in [2.45, 2.75) is 20.0 Å². The Morgan fingerprint density at radius 1 is 1.45 bits per heavy atom. The molecule has 5 heteroatoms. The van der Waals surface area contributed by atoms with Crippen molar-refractivity contribution >= 4 is 5.91 Å². The van der Waals surface area contributed by atoms with Crippen LogP contribution in [0.25, 0.3) is 0 Å². The zero-order chi connectivity index (χ0) is 14.5. The second kappa shape index (κ2) is 6.70. The number of amides is 1. The van der Waals surface area contributed by atoms with Crippen molar-refractivity contribution in [2.75, 3.05) is 26.3 Å². The average molecular weight is 281 g/mol. The summed E-state index contributed by atoms with van der Waals surface area (Å²) in [6, 6.07) is 5.86. The van der Waals surface area contributed by atoms with Crippen molar-refractivity contribution in [3.8, 4) is 5.75 Å². The van der Waals surface area contributed by atoms with Gasteiger partial charge in [-0.3, -0.25) is 4.79 Å². The molecule has 1 fully saturated rings. The maximum Gasteiger partial charge on any atom is 0.225 e. The normalized spacial score (nSPS) is 19.2. The number of halogens is 1. The maximum atomic E-state index is 12.8. The van der Waals surface area contributed by atoms with Gasteiger partial charge >= 0.3 is 0 Å². The van der Waals surface area contributed by atoms with Crippen LogP contribution in [0.5, 0.6) is 5.75 Å². The molecule has 1 atom stereocenters. The SMILES string of the molecule is CC(C)C(=O)N1CCO[C@@H](COc2ccc(F)cc2)C1. The van der Waals surface area contributed by atoms with Crippen LogP contribution in [0.3, 0.4) is 0 Å². The summed E-state index contributed by atoms with van der Waals surface area (Å²) >= 11 is 0. The lowest BCUT2D eigenvalue weighted by Gasteiger charge is -2.33. The van der Waals surface area contributed by atoms with Gasteiger partial charge in [0.05, 0.1) is 13.2 Å². The van der Waals surface area contributed by atoms with Crippen LogP contribution >= 0.6 is 0 Å². The van der Waals surface area contributed by atoms with E-state index in [2.05, 4.69) is 0 Å². The molecule has 0 bridgehead atoms. The molecule has 0 radical (unpaired) electrons. The molecule has 2 rings (SSSR count). The Morgan fingerprint density at radius 2 is 2.15 bits per heavy atom. The first-order valence-electron chi connectivity index (χ1n) is 6.85. The van der Waals surface area contributed by atoms with E-state index in [0.29, 0.717) is 32.1 Å². The largest absolute Gasteiger partial charge is 0.491 e. The maximum absolute atomic E-state index is 12.8. The molecule has 0 spiro atoms. The first-order valence-corrected chi connectivity index (χ1v) is 6.85. The monoisotopic (exact) mass is 281 g/mol. The molecule has 1 aromatic rings. The summed E-state index contributed by atoms with van der Waals surface area (Å²) in [6.07, 6.45) is -0.142. The Kier molecular flexibility index (Phi) is 4.95. The van der Waals surface area contributed by atoms with E-state index in [4.69, 9.17) is 9.47 Å². The molecule has 4 nitrogen and oxygen atoms in total. The van der Waals surface area contributed by atoms with Crippen LogP contribution in [0.1, 0.15) is 13.8 Å². The van der Waals surface area contributed by atoms with Gasteiger partial charge in [0.1, 0.15) is 24.3 Å². The highest BCUT2D eigenvalue weighted by Crippen LogP contribution is 2.14. The minimum Gasteiger partial charge on any atom is -0.491 e. The van der Waals surface area contributed by atoms with Crippen molar-refractivity contribution in [3.63, 3.8) is 0 Å². The van der Waals surface area contributed by atoms with Crippen molar-refractivity contribution in [3.05, 3.63) is 30.1 Å².